The van der Waals surface area contributed by atoms with E-state index in [1.165, 1.54) is 17.7 Å². The maximum absolute atomic E-state index is 13.3. The Morgan fingerprint density at radius 2 is 1.46 bits per heavy atom. The van der Waals surface area contributed by atoms with E-state index < -0.39 is 11.8 Å². The zero-order valence-corrected chi connectivity index (χ0v) is 24.0. The first-order valence-electron chi connectivity index (χ1n) is 13.0. The Morgan fingerprint density at radius 1 is 0.780 bits per heavy atom. The Morgan fingerprint density at radius 3 is 2.10 bits per heavy atom. The number of ketones is 1. The molecule has 0 saturated carbocycles. The molecule has 4 aromatic carbocycles. The van der Waals surface area contributed by atoms with E-state index in [0.717, 1.165) is 5.56 Å². The van der Waals surface area contributed by atoms with Crippen LogP contribution in [0.2, 0.25) is 10.0 Å². The van der Waals surface area contributed by atoms with Gasteiger partial charge in [-0.05, 0) is 83.3 Å². The molecule has 0 saturated heterocycles. The van der Waals surface area contributed by atoms with E-state index in [9.17, 15) is 14.4 Å². The van der Waals surface area contributed by atoms with E-state index in [4.69, 9.17) is 23.2 Å². The molecule has 0 fully saturated rings. The van der Waals surface area contributed by atoms with E-state index >= 15 is 0 Å². The third kappa shape index (κ3) is 8.27. The van der Waals surface area contributed by atoms with Crippen LogP contribution in [-0.2, 0) is 4.79 Å². The lowest BCUT2D eigenvalue weighted by molar-refractivity contribution is -0.113. The van der Waals surface area contributed by atoms with Crippen LogP contribution in [0, 0.1) is 0 Å². The van der Waals surface area contributed by atoms with Gasteiger partial charge >= 0.3 is 0 Å². The number of nitrogens with one attached hydrogen (secondary N) is 2. The summed E-state index contributed by atoms with van der Waals surface area (Å²) in [6.07, 6.45) is 4.77. The van der Waals surface area contributed by atoms with Gasteiger partial charge in [-0.2, -0.15) is 0 Å². The van der Waals surface area contributed by atoms with E-state index in [1.807, 2.05) is 12.1 Å². The van der Waals surface area contributed by atoms with E-state index in [0.29, 0.717) is 38.3 Å². The molecule has 0 aliphatic heterocycles. The molecular formula is C34H28Cl2N2O3. The molecule has 4 aromatic rings. The molecule has 0 atom stereocenters. The van der Waals surface area contributed by atoms with Gasteiger partial charge in [0.25, 0.3) is 11.8 Å². The van der Waals surface area contributed by atoms with Gasteiger partial charge in [0.2, 0.25) is 0 Å². The minimum absolute atomic E-state index is 0.0188. The van der Waals surface area contributed by atoms with Gasteiger partial charge in [-0.1, -0.05) is 91.7 Å². The van der Waals surface area contributed by atoms with Crippen molar-refractivity contribution < 1.29 is 14.4 Å². The Labute approximate surface area is 249 Å². The molecule has 0 aromatic heterocycles. The zero-order valence-electron chi connectivity index (χ0n) is 22.5. The first-order valence-corrected chi connectivity index (χ1v) is 13.7. The highest BCUT2D eigenvalue weighted by Gasteiger charge is 2.16. The number of halogens is 2. The third-order valence-corrected chi connectivity index (χ3v) is 6.81. The quantitative estimate of drug-likeness (QED) is 0.153. The number of amides is 2. The topological polar surface area (TPSA) is 75.3 Å². The summed E-state index contributed by atoms with van der Waals surface area (Å²) in [5.41, 5.74) is 3.96. The van der Waals surface area contributed by atoms with Crippen molar-refractivity contribution >= 4 is 58.6 Å². The van der Waals surface area contributed by atoms with Crippen LogP contribution in [0.1, 0.15) is 57.2 Å². The second-order valence-electron chi connectivity index (χ2n) is 9.59. The highest BCUT2D eigenvalue weighted by atomic mass is 35.5. The van der Waals surface area contributed by atoms with E-state index in [1.54, 1.807) is 78.9 Å². The number of carbonyl (C=O) groups is 3. The summed E-state index contributed by atoms with van der Waals surface area (Å²) in [5, 5.41) is 6.21. The fraction of sp³-hybridized carbons (Fsp3) is 0.0882. The first kappa shape index (κ1) is 29.5. The molecule has 7 heteroatoms. The molecule has 4 rings (SSSR count). The number of benzene rings is 4. The fourth-order valence-electron chi connectivity index (χ4n) is 3.89. The number of allylic oxidation sites excluding steroid dienone is 1. The molecule has 2 N–H and O–H groups in total. The van der Waals surface area contributed by atoms with Gasteiger partial charge in [0.1, 0.15) is 5.70 Å². The average molecular weight is 584 g/mol. The number of hydrogen-bond donors (Lipinski definition) is 2. The lowest BCUT2D eigenvalue weighted by Gasteiger charge is -2.12. The van der Waals surface area contributed by atoms with Crippen LogP contribution in [0.25, 0.3) is 12.2 Å². The molecule has 2 amide bonds. The van der Waals surface area contributed by atoms with Crippen molar-refractivity contribution in [1.82, 2.24) is 5.32 Å². The first-order chi connectivity index (χ1) is 19.7. The molecule has 0 aliphatic carbocycles. The van der Waals surface area contributed by atoms with Gasteiger partial charge in [-0.25, -0.2) is 0 Å². The van der Waals surface area contributed by atoms with Crippen LogP contribution in [0.5, 0.6) is 0 Å². The monoisotopic (exact) mass is 582 g/mol. The molecule has 5 nitrogen and oxygen atoms in total. The molecule has 0 unspecified atom stereocenters. The summed E-state index contributed by atoms with van der Waals surface area (Å²) in [5.74, 6) is -0.743. The SMILES string of the molecule is CC(C)c1ccc(/C=C/C(=O)c2ccc(NC(=O)/C(=C/c3ccc(Cl)cc3Cl)NC(=O)c3ccccc3)cc2)cc1. The minimum atomic E-state index is -0.566. The zero-order chi connectivity index (χ0) is 29.4. The Bertz CT molecular complexity index is 1610. The normalized spacial score (nSPS) is 11.5. The van der Waals surface area contributed by atoms with E-state index in [2.05, 4.69) is 36.6 Å². The van der Waals surface area contributed by atoms with Gasteiger partial charge < -0.3 is 10.6 Å². The van der Waals surface area contributed by atoms with Gasteiger partial charge in [0.15, 0.2) is 5.78 Å². The van der Waals surface area contributed by atoms with Gasteiger partial charge in [-0.3, -0.25) is 14.4 Å². The molecule has 0 radical (unpaired) electrons. The number of carbonyl (C=O) groups excluding carboxylic acids is 3. The predicted octanol–water partition coefficient (Wildman–Crippen LogP) is 8.42. The van der Waals surface area contributed by atoms with Crippen molar-refractivity contribution in [3.05, 3.63) is 147 Å². The molecule has 0 heterocycles. The van der Waals surface area contributed by atoms with Crippen molar-refractivity contribution in [3.8, 4) is 0 Å². The van der Waals surface area contributed by atoms with Crippen LogP contribution in [0.3, 0.4) is 0 Å². The molecule has 206 valence electrons. The highest BCUT2D eigenvalue weighted by Crippen LogP contribution is 2.23. The Kier molecular flexibility index (Phi) is 9.91. The summed E-state index contributed by atoms with van der Waals surface area (Å²) < 4.78 is 0. The smallest absolute Gasteiger partial charge is 0.272 e. The van der Waals surface area contributed by atoms with Crippen molar-refractivity contribution in [3.63, 3.8) is 0 Å². The summed E-state index contributed by atoms with van der Waals surface area (Å²) in [6.45, 7) is 4.27. The van der Waals surface area contributed by atoms with Crippen LogP contribution in [0.15, 0.2) is 109 Å². The van der Waals surface area contributed by atoms with Crippen molar-refractivity contribution in [2.24, 2.45) is 0 Å². The van der Waals surface area contributed by atoms with Gasteiger partial charge in [0, 0.05) is 26.9 Å². The summed E-state index contributed by atoms with van der Waals surface area (Å²) in [4.78, 5) is 38.8. The highest BCUT2D eigenvalue weighted by molar-refractivity contribution is 6.35. The van der Waals surface area contributed by atoms with E-state index in [-0.39, 0.29) is 11.5 Å². The van der Waals surface area contributed by atoms with Crippen molar-refractivity contribution in [2.75, 3.05) is 5.32 Å². The third-order valence-electron chi connectivity index (χ3n) is 6.25. The molecular weight excluding hydrogens is 555 g/mol. The number of rotatable bonds is 9. The largest absolute Gasteiger partial charge is 0.321 e. The summed E-state index contributed by atoms with van der Waals surface area (Å²) >= 11 is 12.3. The second-order valence-corrected chi connectivity index (χ2v) is 10.4. The predicted molar refractivity (Wildman–Crippen MR) is 167 cm³/mol. The lowest BCUT2D eigenvalue weighted by atomic mass is 10.0. The minimum Gasteiger partial charge on any atom is -0.321 e. The lowest BCUT2D eigenvalue weighted by Crippen LogP contribution is -2.30. The van der Waals surface area contributed by atoms with Crippen LogP contribution in [0.4, 0.5) is 5.69 Å². The second kappa shape index (κ2) is 13.8. The Balaban J connectivity index is 1.49. The Hall–Kier alpha value is -4.45. The number of hydrogen-bond acceptors (Lipinski definition) is 3. The molecule has 0 bridgehead atoms. The van der Waals surface area contributed by atoms with Gasteiger partial charge in [-0.15, -0.1) is 0 Å². The average Bonchev–Trinajstić information content (AvgIpc) is 2.97. The summed E-state index contributed by atoms with van der Waals surface area (Å²) in [6, 6.07) is 28.0. The van der Waals surface area contributed by atoms with Crippen LogP contribution < -0.4 is 10.6 Å². The standard InChI is InChI=1S/C34H28Cl2N2O3/c1-22(2)24-11-8-23(9-12-24)10-19-32(39)25-14-17-29(18-15-25)37-34(41)31(20-27-13-16-28(35)21-30(27)36)38-33(40)26-6-4-3-5-7-26/h3-22H,1-2H3,(H,37,41)(H,38,40)/b19-10+,31-20-. The number of anilines is 1. The molecule has 41 heavy (non-hydrogen) atoms. The molecule has 0 aliphatic rings. The van der Waals surface area contributed by atoms with Crippen molar-refractivity contribution in [1.29, 1.82) is 0 Å². The molecule has 0 spiro atoms. The maximum Gasteiger partial charge on any atom is 0.272 e. The van der Waals surface area contributed by atoms with Gasteiger partial charge in [0.05, 0.1) is 0 Å². The fourth-order valence-corrected chi connectivity index (χ4v) is 4.36. The van der Waals surface area contributed by atoms with Crippen LogP contribution >= 0.6 is 23.2 Å². The van der Waals surface area contributed by atoms with Crippen molar-refractivity contribution in [2.45, 2.75) is 19.8 Å². The summed E-state index contributed by atoms with van der Waals surface area (Å²) in [7, 11) is 0. The maximum atomic E-state index is 13.3. The van der Waals surface area contributed by atoms with Crippen LogP contribution in [-0.4, -0.2) is 17.6 Å².